The lowest BCUT2D eigenvalue weighted by Crippen LogP contribution is -2.32. The largest absolute Gasteiger partial charge is 0.326 e. The maximum Gasteiger partial charge on any atom is 0.243 e. The maximum atomic E-state index is 13.0. The highest BCUT2D eigenvalue weighted by Gasteiger charge is 2.30. The Labute approximate surface area is 93.9 Å². The number of hydrogen-bond acceptors (Lipinski definition) is 3. The molecule has 1 atom stereocenters. The average Bonchev–Trinajstić information content (AvgIpc) is 2.65. The Kier molecular flexibility index (Phi) is 2.96. The maximum absolute atomic E-state index is 13.0. The second kappa shape index (κ2) is 4.12. The molecule has 6 heteroatoms. The van der Waals surface area contributed by atoms with E-state index in [9.17, 15) is 12.8 Å². The van der Waals surface area contributed by atoms with Gasteiger partial charge in [-0.3, -0.25) is 0 Å². The van der Waals surface area contributed by atoms with Gasteiger partial charge in [-0.2, -0.15) is 4.31 Å². The van der Waals surface area contributed by atoms with E-state index in [1.807, 2.05) is 0 Å². The minimum absolute atomic E-state index is 0.0124. The Hall–Kier alpha value is -0.980. The van der Waals surface area contributed by atoms with Crippen molar-refractivity contribution < 1.29 is 12.8 Å². The normalized spacial score (nSPS) is 22.5. The predicted octanol–water partition coefficient (Wildman–Crippen LogP) is 0.547. The fourth-order valence-electron chi connectivity index (χ4n) is 1.75. The lowest BCUT2D eigenvalue weighted by Gasteiger charge is -2.15. The molecule has 0 aromatic heterocycles. The lowest BCUT2D eigenvalue weighted by atomic mass is 10.3. The number of benzene rings is 1. The smallest absolute Gasteiger partial charge is 0.243 e. The molecule has 1 heterocycles. The number of sulfonamides is 1. The fourth-order valence-corrected chi connectivity index (χ4v) is 3.29. The van der Waals surface area contributed by atoms with Crippen molar-refractivity contribution in [2.24, 2.45) is 5.73 Å². The summed E-state index contributed by atoms with van der Waals surface area (Å²) < 4.78 is 38.3. The van der Waals surface area contributed by atoms with Gasteiger partial charge in [0, 0.05) is 19.1 Å². The van der Waals surface area contributed by atoms with E-state index in [-0.39, 0.29) is 10.9 Å². The molecule has 0 radical (unpaired) electrons. The van der Waals surface area contributed by atoms with Crippen molar-refractivity contribution in [2.45, 2.75) is 17.4 Å². The van der Waals surface area contributed by atoms with Crippen LogP contribution in [-0.4, -0.2) is 31.9 Å². The van der Waals surface area contributed by atoms with Crippen molar-refractivity contribution in [3.63, 3.8) is 0 Å². The fraction of sp³-hybridized carbons (Fsp3) is 0.400. The van der Waals surface area contributed by atoms with Crippen LogP contribution in [0.2, 0.25) is 0 Å². The van der Waals surface area contributed by atoms with E-state index in [4.69, 9.17) is 5.73 Å². The molecule has 1 fully saturated rings. The third-order valence-electron chi connectivity index (χ3n) is 2.62. The summed E-state index contributed by atoms with van der Waals surface area (Å²) in [6, 6.07) is 4.90. The predicted molar refractivity (Wildman–Crippen MR) is 57.8 cm³/mol. The van der Waals surface area contributed by atoms with Gasteiger partial charge in [0.2, 0.25) is 10.0 Å². The van der Waals surface area contributed by atoms with Crippen LogP contribution in [0.3, 0.4) is 0 Å². The summed E-state index contributed by atoms with van der Waals surface area (Å²) >= 11 is 0. The molecule has 1 unspecified atom stereocenters. The molecule has 0 saturated carbocycles. The highest BCUT2D eigenvalue weighted by atomic mass is 32.2. The Morgan fingerprint density at radius 1 is 1.44 bits per heavy atom. The van der Waals surface area contributed by atoms with E-state index in [0.29, 0.717) is 19.5 Å². The molecule has 16 heavy (non-hydrogen) atoms. The van der Waals surface area contributed by atoms with Gasteiger partial charge in [0.1, 0.15) is 5.82 Å². The van der Waals surface area contributed by atoms with E-state index in [2.05, 4.69) is 0 Å². The van der Waals surface area contributed by atoms with E-state index < -0.39 is 15.8 Å². The minimum Gasteiger partial charge on any atom is -0.326 e. The van der Waals surface area contributed by atoms with Crippen LogP contribution in [0.1, 0.15) is 6.42 Å². The van der Waals surface area contributed by atoms with Gasteiger partial charge in [0.05, 0.1) is 4.90 Å². The van der Waals surface area contributed by atoms with Gasteiger partial charge in [-0.25, -0.2) is 12.8 Å². The van der Waals surface area contributed by atoms with Gasteiger partial charge in [0.15, 0.2) is 0 Å². The topological polar surface area (TPSA) is 63.4 Å². The van der Waals surface area contributed by atoms with Gasteiger partial charge in [-0.05, 0) is 24.6 Å². The van der Waals surface area contributed by atoms with Crippen LogP contribution in [0.4, 0.5) is 4.39 Å². The first-order valence-corrected chi connectivity index (χ1v) is 6.45. The zero-order valence-electron chi connectivity index (χ0n) is 8.64. The molecule has 2 N–H and O–H groups in total. The molecule has 88 valence electrons. The van der Waals surface area contributed by atoms with E-state index in [0.717, 1.165) is 6.07 Å². The summed E-state index contributed by atoms with van der Waals surface area (Å²) in [4.78, 5) is -0.0124. The molecule has 1 aromatic rings. The van der Waals surface area contributed by atoms with Gasteiger partial charge < -0.3 is 5.73 Å². The second-order valence-corrected chi connectivity index (χ2v) is 5.81. The molecule has 0 amide bonds. The van der Waals surface area contributed by atoms with Crippen LogP contribution in [0.5, 0.6) is 0 Å². The Morgan fingerprint density at radius 2 is 2.19 bits per heavy atom. The van der Waals surface area contributed by atoms with Crippen molar-refractivity contribution in [1.29, 1.82) is 0 Å². The summed E-state index contributed by atoms with van der Waals surface area (Å²) in [5.41, 5.74) is 5.65. The molecule has 0 spiro atoms. The van der Waals surface area contributed by atoms with Crippen LogP contribution < -0.4 is 5.73 Å². The van der Waals surface area contributed by atoms with E-state index in [1.54, 1.807) is 0 Å². The molecule has 0 aliphatic carbocycles. The molecular weight excluding hydrogens is 231 g/mol. The SMILES string of the molecule is NC1CCN(S(=O)(=O)c2cccc(F)c2)C1. The molecule has 1 aliphatic heterocycles. The number of halogens is 1. The first-order chi connectivity index (χ1) is 7.50. The zero-order valence-corrected chi connectivity index (χ0v) is 9.45. The lowest BCUT2D eigenvalue weighted by molar-refractivity contribution is 0.471. The summed E-state index contributed by atoms with van der Waals surface area (Å²) in [6.07, 6.45) is 0.647. The first-order valence-electron chi connectivity index (χ1n) is 5.01. The summed E-state index contributed by atoms with van der Waals surface area (Å²) in [5.74, 6) is -0.551. The summed E-state index contributed by atoms with van der Waals surface area (Å²) in [7, 11) is -3.58. The van der Waals surface area contributed by atoms with Crippen LogP contribution in [0, 0.1) is 5.82 Å². The standard InChI is InChI=1S/C10H13FN2O2S/c11-8-2-1-3-10(6-8)16(14,15)13-5-4-9(12)7-13/h1-3,6,9H,4-5,7,12H2. The molecule has 2 rings (SSSR count). The Bertz CT molecular complexity index is 489. The average molecular weight is 244 g/mol. The van der Waals surface area contributed by atoms with Gasteiger partial charge >= 0.3 is 0 Å². The van der Waals surface area contributed by atoms with Crippen molar-refractivity contribution in [1.82, 2.24) is 4.31 Å². The molecule has 1 aromatic carbocycles. The van der Waals surface area contributed by atoms with Crippen molar-refractivity contribution in [3.8, 4) is 0 Å². The number of rotatable bonds is 2. The zero-order chi connectivity index (χ0) is 11.8. The van der Waals surface area contributed by atoms with Gasteiger partial charge in [-0.1, -0.05) is 6.07 Å². The first kappa shape index (κ1) is 11.5. The van der Waals surface area contributed by atoms with Crippen molar-refractivity contribution in [3.05, 3.63) is 30.1 Å². The van der Waals surface area contributed by atoms with Crippen molar-refractivity contribution in [2.75, 3.05) is 13.1 Å². The van der Waals surface area contributed by atoms with Crippen LogP contribution in [0.25, 0.3) is 0 Å². The van der Waals surface area contributed by atoms with Crippen molar-refractivity contribution >= 4 is 10.0 Å². The van der Waals surface area contributed by atoms with E-state index in [1.165, 1.54) is 22.5 Å². The van der Waals surface area contributed by atoms with Crippen LogP contribution in [0.15, 0.2) is 29.2 Å². The van der Waals surface area contributed by atoms with Gasteiger partial charge in [0.25, 0.3) is 0 Å². The van der Waals surface area contributed by atoms with Crippen LogP contribution >= 0.6 is 0 Å². The monoisotopic (exact) mass is 244 g/mol. The number of nitrogens with two attached hydrogens (primary N) is 1. The third kappa shape index (κ3) is 2.09. The molecular formula is C10H13FN2O2S. The second-order valence-electron chi connectivity index (χ2n) is 3.87. The van der Waals surface area contributed by atoms with Gasteiger partial charge in [-0.15, -0.1) is 0 Å². The molecule has 4 nitrogen and oxygen atoms in total. The quantitative estimate of drug-likeness (QED) is 0.826. The third-order valence-corrected chi connectivity index (χ3v) is 4.48. The Balaban J connectivity index is 2.32. The highest BCUT2D eigenvalue weighted by molar-refractivity contribution is 7.89. The minimum atomic E-state index is -3.58. The van der Waals surface area contributed by atoms with E-state index >= 15 is 0 Å². The molecule has 1 aliphatic rings. The number of nitrogens with zero attached hydrogens (tertiary/aromatic N) is 1. The van der Waals surface area contributed by atoms with Crippen LogP contribution in [-0.2, 0) is 10.0 Å². The summed E-state index contributed by atoms with van der Waals surface area (Å²) in [6.45, 7) is 0.707. The number of hydrogen-bond donors (Lipinski definition) is 1. The summed E-state index contributed by atoms with van der Waals surface area (Å²) in [5, 5.41) is 0. The molecule has 0 bridgehead atoms. The highest BCUT2D eigenvalue weighted by Crippen LogP contribution is 2.20. The Morgan fingerprint density at radius 3 is 2.75 bits per heavy atom. The molecule has 1 saturated heterocycles.